The minimum absolute atomic E-state index is 0.411. The standard InChI is InChI=1S/C21H50O3Si4/c1-20(15-25(3,4)5,16-26(6,7)8)23-19(22)24-21(2,17-27(9,10)11)18-28(12,13)14/h15-18H2,1-14H3. The maximum absolute atomic E-state index is 13.0. The van der Waals surface area contributed by atoms with E-state index in [2.05, 4.69) is 92.4 Å². The summed E-state index contributed by atoms with van der Waals surface area (Å²) < 4.78 is 12.3. The van der Waals surface area contributed by atoms with Crippen LogP contribution in [0.3, 0.4) is 0 Å². The third kappa shape index (κ3) is 14.2. The van der Waals surface area contributed by atoms with Crippen LogP contribution in [0.2, 0.25) is 103 Å². The molecule has 0 fully saturated rings. The maximum Gasteiger partial charge on any atom is 0.509 e. The summed E-state index contributed by atoms with van der Waals surface area (Å²) in [6, 6.07) is 3.94. The van der Waals surface area contributed by atoms with Crippen molar-refractivity contribution in [3.05, 3.63) is 0 Å². The first kappa shape index (κ1) is 28.1. The first-order valence-corrected chi connectivity index (χ1v) is 25.7. The van der Waals surface area contributed by atoms with Crippen molar-refractivity contribution in [3.8, 4) is 0 Å². The third-order valence-electron chi connectivity index (χ3n) is 4.28. The Kier molecular flexibility index (Phi) is 9.14. The molecule has 0 N–H and O–H groups in total. The van der Waals surface area contributed by atoms with E-state index >= 15 is 0 Å². The second kappa shape index (κ2) is 9.10. The summed E-state index contributed by atoms with van der Waals surface area (Å²) in [7, 11) is -5.56. The maximum atomic E-state index is 13.0. The van der Waals surface area contributed by atoms with Crippen LogP contribution in [0.25, 0.3) is 0 Å². The number of hydrogen-bond acceptors (Lipinski definition) is 3. The molecule has 3 nitrogen and oxygen atoms in total. The van der Waals surface area contributed by atoms with E-state index in [1.54, 1.807) is 0 Å². The number of rotatable bonds is 10. The Balaban J connectivity index is 5.56. The van der Waals surface area contributed by atoms with Crippen molar-refractivity contribution in [2.75, 3.05) is 0 Å². The molecule has 7 heteroatoms. The molecule has 0 heterocycles. The SMILES string of the molecule is CC(C[Si](C)(C)C)(C[Si](C)(C)C)OC(=O)OC(C)(C[Si](C)(C)C)C[Si](C)(C)C. The summed E-state index contributed by atoms with van der Waals surface area (Å²) in [5.41, 5.74) is -0.823. The molecule has 0 aliphatic carbocycles. The molecule has 0 unspecified atom stereocenters. The predicted molar refractivity (Wildman–Crippen MR) is 137 cm³/mol. The highest BCUT2D eigenvalue weighted by atomic mass is 28.3. The normalized spacial score (nSPS) is 14.8. The molecule has 28 heavy (non-hydrogen) atoms. The van der Waals surface area contributed by atoms with Gasteiger partial charge in [-0.3, -0.25) is 0 Å². The monoisotopic (exact) mass is 462 g/mol. The molecule has 0 saturated heterocycles. The number of carbonyl (C=O) groups excluding carboxylic acids is 1. The van der Waals surface area contributed by atoms with Crippen molar-refractivity contribution in [2.45, 2.75) is 128 Å². The molecule has 0 aromatic heterocycles. The van der Waals surface area contributed by atoms with Crippen LogP contribution in [0, 0.1) is 0 Å². The van der Waals surface area contributed by atoms with E-state index in [1.165, 1.54) is 0 Å². The topological polar surface area (TPSA) is 35.5 Å². The van der Waals surface area contributed by atoms with E-state index in [1.807, 2.05) is 0 Å². The van der Waals surface area contributed by atoms with Crippen molar-refractivity contribution in [1.82, 2.24) is 0 Å². The van der Waals surface area contributed by atoms with Gasteiger partial charge in [-0.25, -0.2) is 4.79 Å². The molecule has 0 amide bonds. The molecule has 0 aliphatic rings. The molecule has 0 spiro atoms. The van der Waals surface area contributed by atoms with E-state index < -0.39 is 49.7 Å². The fourth-order valence-corrected chi connectivity index (χ4v) is 15.4. The fourth-order valence-electron chi connectivity index (χ4n) is 5.18. The summed E-state index contributed by atoms with van der Waals surface area (Å²) in [4.78, 5) is 13.0. The van der Waals surface area contributed by atoms with Crippen LogP contribution in [0.1, 0.15) is 13.8 Å². The zero-order valence-electron chi connectivity index (χ0n) is 21.6. The lowest BCUT2D eigenvalue weighted by atomic mass is 10.2. The van der Waals surface area contributed by atoms with E-state index in [-0.39, 0.29) is 0 Å². The van der Waals surface area contributed by atoms with Gasteiger partial charge in [0.1, 0.15) is 11.2 Å². The lowest BCUT2D eigenvalue weighted by molar-refractivity contribution is -0.0480. The minimum atomic E-state index is -1.39. The fraction of sp³-hybridized carbons (Fsp3) is 0.952. The highest BCUT2D eigenvalue weighted by molar-refractivity contribution is 6.78. The first-order valence-electron chi connectivity index (χ1n) is 10.8. The second-order valence-electron chi connectivity index (χ2n) is 14.3. The van der Waals surface area contributed by atoms with Gasteiger partial charge in [-0.1, -0.05) is 78.6 Å². The van der Waals surface area contributed by atoms with Crippen LogP contribution in [0.4, 0.5) is 4.79 Å². The van der Waals surface area contributed by atoms with Gasteiger partial charge in [0, 0.05) is 32.3 Å². The Morgan fingerprint density at radius 3 is 0.857 bits per heavy atom. The number of hydrogen-bond donors (Lipinski definition) is 0. The molecule has 0 atom stereocenters. The summed E-state index contributed by atoms with van der Waals surface area (Å²) in [5, 5.41) is 0. The molecule has 0 aromatic rings. The molecule has 0 aromatic carbocycles. The molecule has 0 aliphatic heterocycles. The van der Waals surface area contributed by atoms with Crippen molar-refractivity contribution in [1.29, 1.82) is 0 Å². The van der Waals surface area contributed by atoms with Gasteiger partial charge in [0.05, 0.1) is 0 Å². The molecule has 0 saturated carbocycles. The lowest BCUT2D eigenvalue weighted by Gasteiger charge is -2.41. The summed E-state index contributed by atoms with van der Waals surface area (Å²) in [5.74, 6) is 0. The van der Waals surface area contributed by atoms with Gasteiger partial charge in [0.25, 0.3) is 0 Å². The third-order valence-corrected chi connectivity index (χ3v) is 11.5. The van der Waals surface area contributed by atoms with E-state index in [0.29, 0.717) is 0 Å². The van der Waals surface area contributed by atoms with Gasteiger partial charge < -0.3 is 9.47 Å². The van der Waals surface area contributed by atoms with Crippen molar-refractivity contribution < 1.29 is 14.3 Å². The Bertz CT molecular complexity index is 442. The lowest BCUT2D eigenvalue weighted by Crippen LogP contribution is -2.48. The average Bonchev–Trinajstić information content (AvgIpc) is 2.12. The van der Waals surface area contributed by atoms with Crippen molar-refractivity contribution >= 4 is 38.5 Å². The Hall–Kier alpha value is 0.138. The van der Waals surface area contributed by atoms with Crippen LogP contribution in [0.15, 0.2) is 0 Å². The summed E-state index contributed by atoms with van der Waals surface area (Å²) in [6.45, 7) is 32.5. The van der Waals surface area contributed by atoms with E-state index in [9.17, 15) is 4.79 Å². The van der Waals surface area contributed by atoms with Gasteiger partial charge in [-0.05, 0) is 38.0 Å². The minimum Gasteiger partial charge on any atom is -0.429 e. The first-order chi connectivity index (χ1) is 11.9. The average molecular weight is 463 g/mol. The Morgan fingerprint density at radius 2 is 0.714 bits per heavy atom. The Morgan fingerprint density at radius 1 is 0.536 bits per heavy atom. The highest BCUT2D eigenvalue weighted by Gasteiger charge is 2.43. The second-order valence-corrected chi connectivity index (χ2v) is 36.2. The van der Waals surface area contributed by atoms with Gasteiger partial charge in [0.15, 0.2) is 0 Å². The Labute approximate surface area is 180 Å². The van der Waals surface area contributed by atoms with Gasteiger partial charge in [-0.2, -0.15) is 0 Å². The number of ether oxygens (including phenoxy) is 2. The molecular weight excluding hydrogens is 413 g/mol. The predicted octanol–water partition coefficient (Wildman–Crippen LogP) is 8.01. The molecule has 0 bridgehead atoms. The molecular formula is C21H50O3Si4. The summed E-state index contributed by atoms with van der Waals surface area (Å²) >= 11 is 0. The van der Waals surface area contributed by atoms with Crippen molar-refractivity contribution in [2.24, 2.45) is 0 Å². The smallest absolute Gasteiger partial charge is 0.429 e. The van der Waals surface area contributed by atoms with Crippen LogP contribution in [0.5, 0.6) is 0 Å². The van der Waals surface area contributed by atoms with Gasteiger partial charge >= 0.3 is 6.16 Å². The number of carbonyl (C=O) groups is 1. The van der Waals surface area contributed by atoms with E-state index in [0.717, 1.165) is 24.2 Å². The van der Waals surface area contributed by atoms with Gasteiger partial charge in [-0.15, -0.1) is 0 Å². The van der Waals surface area contributed by atoms with Crippen LogP contribution >= 0.6 is 0 Å². The van der Waals surface area contributed by atoms with Crippen molar-refractivity contribution in [3.63, 3.8) is 0 Å². The molecule has 0 rings (SSSR count). The molecule has 0 radical (unpaired) electrons. The van der Waals surface area contributed by atoms with Crippen LogP contribution in [-0.4, -0.2) is 49.7 Å². The van der Waals surface area contributed by atoms with E-state index in [4.69, 9.17) is 9.47 Å². The van der Waals surface area contributed by atoms with Gasteiger partial charge in [0.2, 0.25) is 0 Å². The zero-order valence-corrected chi connectivity index (χ0v) is 25.6. The van der Waals surface area contributed by atoms with Crippen LogP contribution < -0.4 is 0 Å². The highest BCUT2D eigenvalue weighted by Crippen LogP contribution is 2.36. The molecule has 168 valence electrons. The largest absolute Gasteiger partial charge is 0.509 e. The van der Waals surface area contributed by atoms with Crippen LogP contribution in [-0.2, 0) is 9.47 Å². The quantitative estimate of drug-likeness (QED) is 0.243. The zero-order chi connectivity index (χ0) is 22.8. The summed E-state index contributed by atoms with van der Waals surface area (Å²) in [6.07, 6.45) is -0.446.